The minimum Gasteiger partial charge on any atom is -0.497 e. The van der Waals surface area contributed by atoms with E-state index in [1.165, 1.54) is 6.08 Å². The summed E-state index contributed by atoms with van der Waals surface area (Å²) >= 11 is 0. The molecule has 126 valence electrons. The number of nitrogens with one attached hydrogen (secondary N) is 1. The number of methoxy groups -OCH3 is 2. The first-order chi connectivity index (χ1) is 11.5. The quantitative estimate of drug-likeness (QED) is 0.817. The van der Waals surface area contributed by atoms with Crippen LogP contribution in [0.2, 0.25) is 0 Å². The number of hydrogen-bond acceptors (Lipinski definition) is 4. The smallest absolute Gasteiger partial charge is 0.248 e. The third kappa shape index (κ3) is 4.70. The number of carbonyl (C=O) groups excluding carboxylic acids is 1. The fraction of sp³-hybridized carbons (Fsp3) is 0.167. The predicted molar refractivity (Wildman–Crippen MR) is 96.0 cm³/mol. The van der Waals surface area contributed by atoms with Gasteiger partial charge < -0.3 is 14.8 Å². The Labute approximate surface area is 143 Å². The van der Waals surface area contributed by atoms with Crippen molar-refractivity contribution in [3.8, 4) is 11.5 Å². The van der Waals surface area contributed by atoms with Crippen molar-refractivity contribution in [3.63, 3.8) is 0 Å². The number of rotatable bonds is 6. The van der Waals surface area contributed by atoms with Crippen molar-refractivity contribution in [1.82, 2.24) is 0 Å². The highest BCUT2D eigenvalue weighted by atomic mass is 32.2. The van der Waals surface area contributed by atoms with Gasteiger partial charge in [-0.3, -0.25) is 9.00 Å². The molecule has 0 aliphatic carbocycles. The second-order valence-corrected chi connectivity index (χ2v) is 6.29. The topological polar surface area (TPSA) is 64.6 Å². The zero-order valence-corrected chi connectivity index (χ0v) is 14.6. The summed E-state index contributed by atoms with van der Waals surface area (Å²) in [6, 6.07) is 12.2. The Hall–Kier alpha value is -2.60. The molecule has 1 amide bonds. The van der Waals surface area contributed by atoms with Crippen LogP contribution in [0.25, 0.3) is 6.08 Å². The average molecular weight is 345 g/mol. The highest BCUT2D eigenvalue weighted by Crippen LogP contribution is 2.25. The van der Waals surface area contributed by atoms with Gasteiger partial charge in [-0.05, 0) is 42.5 Å². The lowest BCUT2D eigenvalue weighted by molar-refractivity contribution is -0.111. The first-order valence-electron chi connectivity index (χ1n) is 7.18. The molecule has 0 aromatic heterocycles. The summed E-state index contributed by atoms with van der Waals surface area (Å²) in [6.07, 6.45) is 4.71. The number of hydrogen-bond donors (Lipinski definition) is 1. The Balaban J connectivity index is 2.06. The van der Waals surface area contributed by atoms with Crippen LogP contribution in [0.5, 0.6) is 11.5 Å². The van der Waals surface area contributed by atoms with Crippen molar-refractivity contribution >= 4 is 28.5 Å². The number of benzene rings is 2. The second-order valence-electron chi connectivity index (χ2n) is 4.91. The second kappa shape index (κ2) is 8.31. The molecular weight excluding hydrogens is 326 g/mol. The molecule has 0 aliphatic heterocycles. The van der Waals surface area contributed by atoms with Gasteiger partial charge in [0.1, 0.15) is 11.5 Å². The summed E-state index contributed by atoms with van der Waals surface area (Å²) in [5.41, 5.74) is 1.41. The Bertz CT molecular complexity index is 769. The molecule has 0 heterocycles. The van der Waals surface area contributed by atoms with E-state index in [1.54, 1.807) is 62.9 Å². The van der Waals surface area contributed by atoms with Crippen LogP contribution in [0.3, 0.4) is 0 Å². The molecule has 2 aromatic rings. The molecule has 0 fully saturated rings. The molecule has 2 rings (SSSR count). The molecule has 0 bridgehead atoms. The minimum atomic E-state index is -1.04. The fourth-order valence-corrected chi connectivity index (χ4v) is 2.55. The summed E-state index contributed by atoms with van der Waals surface area (Å²) in [4.78, 5) is 12.7. The van der Waals surface area contributed by atoms with Gasteiger partial charge in [0.15, 0.2) is 0 Å². The number of amides is 1. The first-order valence-corrected chi connectivity index (χ1v) is 8.74. The van der Waals surface area contributed by atoms with E-state index >= 15 is 0 Å². The molecule has 0 spiro atoms. The van der Waals surface area contributed by atoms with Crippen molar-refractivity contribution in [3.05, 3.63) is 54.1 Å². The highest BCUT2D eigenvalue weighted by Gasteiger charge is 2.04. The van der Waals surface area contributed by atoms with E-state index in [9.17, 15) is 9.00 Å². The van der Waals surface area contributed by atoms with Gasteiger partial charge in [0.2, 0.25) is 5.91 Å². The van der Waals surface area contributed by atoms with Gasteiger partial charge in [0.25, 0.3) is 0 Å². The lowest BCUT2D eigenvalue weighted by atomic mass is 10.1. The maximum absolute atomic E-state index is 12.0. The van der Waals surface area contributed by atoms with Crippen LogP contribution in [0.1, 0.15) is 5.56 Å². The SMILES string of the molecule is COc1ccc(/C=C\C(=O)Nc2ccc([S@](C)=O)cc2)c(OC)c1. The third-order valence-corrected chi connectivity index (χ3v) is 4.24. The maximum Gasteiger partial charge on any atom is 0.248 e. The largest absolute Gasteiger partial charge is 0.497 e. The number of carbonyl (C=O) groups is 1. The molecule has 24 heavy (non-hydrogen) atoms. The summed E-state index contributed by atoms with van der Waals surface area (Å²) in [5, 5.41) is 2.75. The van der Waals surface area contributed by atoms with Crippen LogP contribution in [0.15, 0.2) is 53.4 Å². The fourth-order valence-electron chi connectivity index (χ4n) is 2.04. The van der Waals surface area contributed by atoms with E-state index in [0.717, 1.165) is 5.56 Å². The third-order valence-electron chi connectivity index (χ3n) is 3.31. The van der Waals surface area contributed by atoms with Gasteiger partial charge in [-0.15, -0.1) is 0 Å². The first kappa shape index (κ1) is 17.7. The molecular formula is C18H19NO4S. The predicted octanol–water partition coefficient (Wildman–Crippen LogP) is 3.09. The lowest BCUT2D eigenvalue weighted by Crippen LogP contribution is -2.07. The van der Waals surface area contributed by atoms with Crippen molar-refractivity contribution in [2.75, 3.05) is 25.8 Å². The molecule has 0 radical (unpaired) electrons. The molecule has 1 N–H and O–H groups in total. The molecule has 0 aliphatic rings. The minimum absolute atomic E-state index is 0.266. The van der Waals surface area contributed by atoms with Crippen molar-refractivity contribution < 1.29 is 18.5 Å². The van der Waals surface area contributed by atoms with E-state index in [0.29, 0.717) is 22.1 Å². The molecule has 0 saturated carbocycles. The van der Waals surface area contributed by atoms with Crippen molar-refractivity contribution in [2.45, 2.75) is 4.90 Å². The number of anilines is 1. The van der Waals surface area contributed by atoms with E-state index in [-0.39, 0.29) is 5.91 Å². The Kier molecular flexibility index (Phi) is 6.14. The van der Waals surface area contributed by atoms with Gasteiger partial charge in [-0.2, -0.15) is 0 Å². The van der Waals surface area contributed by atoms with Gasteiger partial charge in [-0.25, -0.2) is 0 Å². The van der Waals surface area contributed by atoms with Crippen LogP contribution in [0.4, 0.5) is 5.69 Å². The van der Waals surface area contributed by atoms with Gasteiger partial charge >= 0.3 is 0 Å². The summed E-state index contributed by atoms with van der Waals surface area (Å²) < 4.78 is 21.8. The number of ether oxygens (including phenoxy) is 2. The molecule has 0 unspecified atom stereocenters. The van der Waals surface area contributed by atoms with Gasteiger partial charge in [-0.1, -0.05) is 0 Å². The Morgan fingerprint density at radius 2 is 1.79 bits per heavy atom. The Morgan fingerprint density at radius 3 is 2.38 bits per heavy atom. The van der Waals surface area contributed by atoms with Crippen LogP contribution < -0.4 is 14.8 Å². The molecule has 1 atom stereocenters. The molecule has 0 saturated heterocycles. The summed E-state index contributed by atoms with van der Waals surface area (Å²) in [5.74, 6) is 1.04. The van der Waals surface area contributed by atoms with Crippen molar-refractivity contribution in [2.24, 2.45) is 0 Å². The maximum atomic E-state index is 12.0. The normalized spacial score (nSPS) is 12.0. The zero-order chi connectivity index (χ0) is 17.5. The highest BCUT2D eigenvalue weighted by molar-refractivity contribution is 7.84. The lowest BCUT2D eigenvalue weighted by Gasteiger charge is -2.07. The van der Waals surface area contributed by atoms with Crippen LogP contribution in [-0.2, 0) is 15.6 Å². The van der Waals surface area contributed by atoms with Crippen molar-refractivity contribution in [1.29, 1.82) is 0 Å². The molecule has 2 aromatic carbocycles. The standard InChI is InChI=1S/C18H19NO4S/c1-22-15-8-4-13(17(12-15)23-2)5-11-18(20)19-14-6-9-16(10-7-14)24(3)21/h4-12H,1-3H3,(H,19,20)/b11-5-/t24-/m0/s1. The summed E-state index contributed by atoms with van der Waals surface area (Å²) in [6.45, 7) is 0. The van der Waals surface area contributed by atoms with Crippen LogP contribution in [0, 0.1) is 0 Å². The van der Waals surface area contributed by atoms with Crippen LogP contribution >= 0.6 is 0 Å². The van der Waals surface area contributed by atoms with E-state index in [2.05, 4.69) is 5.32 Å². The van der Waals surface area contributed by atoms with E-state index in [1.807, 2.05) is 6.07 Å². The van der Waals surface area contributed by atoms with E-state index < -0.39 is 10.8 Å². The van der Waals surface area contributed by atoms with Gasteiger partial charge in [0.05, 0.1) is 14.2 Å². The van der Waals surface area contributed by atoms with Crippen LogP contribution in [-0.4, -0.2) is 30.6 Å². The zero-order valence-electron chi connectivity index (χ0n) is 13.7. The molecule has 5 nitrogen and oxygen atoms in total. The van der Waals surface area contributed by atoms with E-state index in [4.69, 9.17) is 9.47 Å². The van der Waals surface area contributed by atoms with Gasteiger partial charge in [0, 0.05) is 45.3 Å². The Morgan fingerprint density at radius 1 is 1.08 bits per heavy atom. The monoisotopic (exact) mass is 345 g/mol. The molecule has 6 heteroatoms. The summed E-state index contributed by atoms with van der Waals surface area (Å²) in [7, 11) is 2.11. The average Bonchev–Trinajstić information content (AvgIpc) is 2.60.